The van der Waals surface area contributed by atoms with Crippen LogP contribution in [0.3, 0.4) is 0 Å². The van der Waals surface area contributed by atoms with E-state index in [-0.39, 0.29) is 6.03 Å². The summed E-state index contributed by atoms with van der Waals surface area (Å²) in [7, 11) is 0. The molecule has 0 saturated carbocycles. The van der Waals surface area contributed by atoms with E-state index in [2.05, 4.69) is 29.1 Å². The minimum atomic E-state index is -0.256. The van der Waals surface area contributed by atoms with Gasteiger partial charge in [-0.1, -0.05) is 36.1 Å². The van der Waals surface area contributed by atoms with Crippen molar-refractivity contribution in [3.63, 3.8) is 0 Å². The number of ether oxygens (including phenoxy) is 1. The molecule has 1 aromatic rings. The highest BCUT2D eigenvalue weighted by molar-refractivity contribution is 5.74. The summed E-state index contributed by atoms with van der Waals surface area (Å²) in [6.45, 7) is 6.52. The van der Waals surface area contributed by atoms with E-state index in [1.54, 1.807) is 6.08 Å². The summed E-state index contributed by atoms with van der Waals surface area (Å²) in [6, 6.07) is 7.50. The maximum absolute atomic E-state index is 11.1. The maximum atomic E-state index is 11.1. The van der Waals surface area contributed by atoms with Crippen molar-refractivity contribution in [3.05, 3.63) is 42.5 Å². The molecule has 0 bridgehead atoms. The molecule has 0 saturated heterocycles. The first-order valence-corrected chi connectivity index (χ1v) is 6.00. The van der Waals surface area contributed by atoms with Crippen molar-refractivity contribution >= 4 is 6.03 Å². The summed E-state index contributed by atoms with van der Waals surface area (Å²) in [4.78, 5) is 11.1. The number of nitrogens with one attached hydrogen (secondary N) is 2. The van der Waals surface area contributed by atoms with Crippen molar-refractivity contribution in [1.29, 1.82) is 0 Å². The smallest absolute Gasteiger partial charge is 0.315 e. The first-order chi connectivity index (χ1) is 9.24. The predicted octanol–water partition coefficient (Wildman–Crippen LogP) is 1.86. The van der Waals surface area contributed by atoms with Gasteiger partial charge in [-0.2, -0.15) is 0 Å². The van der Waals surface area contributed by atoms with Crippen molar-refractivity contribution in [3.8, 4) is 17.6 Å². The molecular weight excluding hydrogens is 240 g/mol. The topological polar surface area (TPSA) is 50.4 Å². The molecule has 0 fully saturated rings. The van der Waals surface area contributed by atoms with Gasteiger partial charge in [0.2, 0.25) is 0 Å². The summed E-state index contributed by atoms with van der Waals surface area (Å²) in [5.41, 5.74) is 1.08. The third kappa shape index (κ3) is 6.18. The van der Waals surface area contributed by atoms with Crippen molar-refractivity contribution in [2.45, 2.75) is 6.92 Å². The number of hydrogen-bond donors (Lipinski definition) is 2. The molecule has 1 rings (SSSR count). The van der Waals surface area contributed by atoms with Crippen molar-refractivity contribution in [1.82, 2.24) is 10.6 Å². The second-order valence-electron chi connectivity index (χ2n) is 3.76. The van der Waals surface area contributed by atoms with Crippen molar-refractivity contribution < 1.29 is 9.53 Å². The molecule has 0 radical (unpaired) electrons. The Morgan fingerprint density at radius 2 is 2.16 bits per heavy atom. The molecule has 19 heavy (non-hydrogen) atoms. The van der Waals surface area contributed by atoms with Gasteiger partial charge in [-0.3, -0.25) is 0 Å². The van der Waals surface area contributed by atoms with Crippen LogP contribution in [0, 0.1) is 18.8 Å². The Kier molecular flexibility index (Phi) is 6.67. The SMILES string of the molecule is C=CCNC(=O)NCC#CCOc1ccccc1C. The first kappa shape index (κ1) is 14.7. The lowest BCUT2D eigenvalue weighted by Gasteiger charge is -2.04. The zero-order valence-electron chi connectivity index (χ0n) is 11.0. The number of hydrogen-bond acceptors (Lipinski definition) is 2. The van der Waals surface area contributed by atoms with Crippen LogP contribution >= 0.6 is 0 Å². The van der Waals surface area contributed by atoms with Crippen LogP contribution in [0.15, 0.2) is 36.9 Å². The predicted molar refractivity (Wildman–Crippen MR) is 76.0 cm³/mol. The molecule has 2 amide bonds. The van der Waals surface area contributed by atoms with E-state index in [0.717, 1.165) is 11.3 Å². The Balaban J connectivity index is 2.20. The third-order valence-corrected chi connectivity index (χ3v) is 2.26. The summed E-state index contributed by atoms with van der Waals surface area (Å²) in [6.07, 6.45) is 1.61. The van der Waals surface area contributed by atoms with Crippen LogP contribution in [-0.4, -0.2) is 25.7 Å². The summed E-state index contributed by atoms with van der Waals surface area (Å²) in [5.74, 6) is 6.47. The number of benzene rings is 1. The third-order valence-electron chi connectivity index (χ3n) is 2.26. The van der Waals surface area contributed by atoms with E-state index in [1.165, 1.54) is 0 Å². The maximum Gasteiger partial charge on any atom is 0.315 e. The second-order valence-corrected chi connectivity index (χ2v) is 3.76. The lowest BCUT2D eigenvalue weighted by molar-refractivity contribution is 0.243. The second kappa shape index (κ2) is 8.65. The van der Waals surface area contributed by atoms with Gasteiger partial charge >= 0.3 is 6.03 Å². The van der Waals surface area contributed by atoms with E-state index in [0.29, 0.717) is 19.7 Å². The minimum absolute atomic E-state index is 0.256. The van der Waals surface area contributed by atoms with Crippen LogP contribution in [0.2, 0.25) is 0 Å². The molecule has 1 aromatic carbocycles. The Bertz CT molecular complexity index is 486. The number of rotatable bonds is 5. The van der Waals surface area contributed by atoms with Gasteiger partial charge in [0, 0.05) is 6.54 Å². The normalized spacial score (nSPS) is 8.89. The molecule has 0 spiro atoms. The number of aryl methyl sites for hydroxylation is 1. The number of amides is 2. The lowest BCUT2D eigenvalue weighted by Crippen LogP contribution is -2.35. The van der Waals surface area contributed by atoms with E-state index < -0.39 is 0 Å². The molecule has 0 aliphatic rings. The van der Waals surface area contributed by atoms with Crippen LogP contribution in [0.1, 0.15) is 5.56 Å². The first-order valence-electron chi connectivity index (χ1n) is 6.00. The van der Waals surface area contributed by atoms with Gasteiger partial charge in [-0.15, -0.1) is 6.58 Å². The van der Waals surface area contributed by atoms with Gasteiger partial charge < -0.3 is 15.4 Å². The van der Waals surface area contributed by atoms with E-state index in [4.69, 9.17) is 4.74 Å². The molecule has 0 unspecified atom stereocenters. The van der Waals surface area contributed by atoms with Gasteiger partial charge in [-0.25, -0.2) is 4.79 Å². The van der Waals surface area contributed by atoms with Crippen LogP contribution in [0.25, 0.3) is 0 Å². The summed E-state index contributed by atoms with van der Waals surface area (Å²) >= 11 is 0. The number of urea groups is 1. The molecule has 4 heteroatoms. The molecule has 100 valence electrons. The average Bonchev–Trinajstić information content (AvgIpc) is 2.42. The number of carbonyl (C=O) groups excluding carboxylic acids is 1. The molecule has 0 aliphatic carbocycles. The Hall–Kier alpha value is -2.41. The zero-order chi connectivity index (χ0) is 13.9. The van der Waals surface area contributed by atoms with E-state index in [1.807, 2.05) is 31.2 Å². The van der Waals surface area contributed by atoms with Gasteiger partial charge in [-0.05, 0) is 18.6 Å². The Morgan fingerprint density at radius 3 is 2.89 bits per heavy atom. The van der Waals surface area contributed by atoms with Crippen LogP contribution in [0.5, 0.6) is 5.75 Å². The fourth-order valence-corrected chi connectivity index (χ4v) is 1.30. The molecule has 2 N–H and O–H groups in total. The van der Waals surface area contributed by atoms with Crippen LogP contribution in [0.4, 0.5) is 4.79 Å². The highest BCUT2D eigenvalue weighted by Gasteiger charge is 1.95. The lowest BCUT2D eigenvalue weighted by atomic mass is 10.2. The highest BCUT2D eigenvalue weighted by atomic mass is 16.5. The van der Waals surface area contributed by atoms with Crippen molar-refractivity contribution in [2.75, 3.05) is 19.7 Å². The summed E-state index contributed by atoms with van der Waals surface area (Å²) in [5, 5.41) is 5.19. The monoisotopic (exact) mass is 258 g/mol. The zero-order valence-corrected chi connectivity index (χ0v) is 11.0. The van der Waals surface area contributed by atoms with Gasteiger partial charge in [0.25, 0.3) is 0 Å². The summed E-state index contributed by atoms with van der Waals surface area (Å²) < 4.78 is 5.49. The molecule has 0 aliphatic heterocycles. The van der Waals surface area contributed by atoms with E-state index >= 15 is 0 Å². The van der Waals surface area contributed by atoms with E-state index in [9.17, 15) is 4.79 Å². The fraction of sp³-hybridized carbons (Fsp3) is 0.267. The Morgan fingerprint density at radius 1 is 1.37 bits per heavy atom. The quantitative estimate of drug-likeness (QED) is 0.625. The van der Waals surface area contributed by atoms with Crippen LogP contribution in [-0.2, 0) is 0 Å². The molecule has 0 atom stereocenters. The van der Waals surface area contributed by atoms with Gasteiger partial charge in [0.05, 0.1) is 6.54 Å². The molecule has 0 heterocycles. The standard InChI is InChI=1S/C15H18N2O2/c1-3-10-16-15(18)17-11-6-7-12-19-14-9-5-4-8-13(14)2/h3-5,8-9H,1,10-12H2,2H3,(H2,16,17,18). The average molecular weight is 258 g/mol. The number of para-hydroxylation sites is 1. The molecule has 0 aromatic heterocycles. The number of carbonyl (C=O) groups is 1. The van der Waals surface area contributed by atoms with Gasteiger partial charge in [0.15, 0.2) is 0 Å². The largest absolute Gasteiger partial charge is 0.481 e. The molecule has 4 nitrogen and oxygen atoms in total. The molecular formula is C15H18N2O2. The fourth-order valence-electron chi connectivity index (χ4n) is 1.30. The highest BCUT2D eigenvalue weighted by Crippen LogP contribution is 2.15. The van der Waals surface area contributed by atoms with Crippen molar-refractivity contribution in [2.24, 2.45) is 0 Å². The van der Waals surface area contributed by atoms with Crippen LogP contribution < -0.4 is 15.4 Å². The van der Waals surface area contributed by atoms with Gasteiger partial charge in [0.1, 0.15) is 12.4 Å². The Labute approximate surface area is 113 Å². The minimum Gasteiger partial charge on any atom is -0.481 e.